The smallest absolute Gasteiger partial charge is 0.0273 e. The van der Waals surface area contributed by atoms with Crippen LogP contribution < -0.4 is 0 Å². The molecule has 4 heteroatoms. The first kappa shape index (κ1) is 18.3. The number of rotatable bonds is 4. The summed E-state index contributed by atoms with van der Waals surface area (Å²) in [7, 11) is 0. The summed E-state index contributed by atoms with van der Waals surface area (Å²) in [5, 5.41) is 0. The molecule has 0 nitrogen and oxygen atoms in total. The third-order valence-electron chi connectivity index (χ3n) is 4.25. The Morgan fingerprint density at radius 3 is 1.68 bits per heavy atom. The van der Waals surface area contributed by atoms with Gasteiger partial charge in [0.15, 0.2) is 0 Å². The van der Waals surface area contributed by atoms with E-state index < -0.39 is 0 Å². The third-order valence-corrected chi connectivity index (χ3v) is 9.07. The molecule has 0 bridgehead atoms. The first-order chi connectivity index (χ1) is 13.8. The maximum atomic E-state index is 2.33. The summed E-state index contributed by atoms with van der Waals surface area (Å²) in [5.74, 6) is 0. The Labute approximate surface area is 182 Å². The maximum Gasteiger partial charge on any atom is 0.0273 e. The molecule has 0 fully saturated rings. The van der Waals surface area contributed by atoms with Gasteiger partial charge in [-0.25, -0.2) is 0 Å². The van der Waals surface area contributed by atoms with Gasteiger partial charge in [0, 0.05) is 39.2 Å². The molecule has 0 unspecified atom stereocenters. The van der Waals surface area contributed by atoms with Gasteiger partial charge in [0.1, 0.15) is 0 Å². The van der Waals surface area contributed by atoms with Crippen molar-refractivity contribution in [3.8, 4) is 0 Å². The average molecular weight is 433 g/mol. The van der Waals surface area contributed by atoms with Gasteiger partial charge in [0.05, 0.1) is 0 Å². The fourth-order valence-corrected chi connectivity index (χ4v) is 7.26. The molecule has 0 N–H and O–H groups in total. The SMILES string of the molecule is c1ccc(Sc2ccccc2Sc2ccc3c(c2)Sc2ccccc2S3)cc1. The summed E-state index contributed by atoms with van der Waals surface area (Å²) in [6.07, 6.45) is 0. The van der Waals surface area contributed by atoms with Crippen molar-refractivity contribution in [3.05, 3.63) is 97.1 Å². The fourth-order valence-electron chi connectivity index (χ4n) is 2.93. The van der Waals surface area contributed by atoms with E-state index in [1.165, 1.54) is 39.2 Å². The zero-order chi connectivity index (χ0) is 18.8. The largest absolute Gasteiger partial charge is 0.0889 e. The first-order valence-electron chi connectivity index (χ1n) is 8.94. The van der Waals surface area contributed by atoms with E-state index in [0.29, 0.717) is 0 Å². The van der Waals surface area contributed by atoms with Crippen molar-refractivity contribution in [1.82, 2.24) is 0 Å². The van der Waals surface area contributed by atoms with Crippen LogP contribution in [0.2, 0.25) is 0 Å². The molecule has 4 aromatic carbocycles. The number of hydrogen-bond donors (Lipinski definition) is 0. The summed E-state index contributed by atoms with van der Waals surface area (Å²) in [4.78, 5) is 10.5. The predicted molar refractivity (Wildman–Crippen MR) is 122 cm³/mol. The zero-order valence-corrected chi connectivity index (χ0v) is 18.1. The highest BCUT2D eigenvalue weighted by atomic mass is 32.2. The van der Waals surface area contributed by atoms with Crippen LogP contribution >= 0.6 is 47.0 Å². The third kappa shape index (κ3) is 4.01. The van der Waals surface area contributed by atoms with Crippen LogP contribution in [0.3, 0.4) is 0 Å². The Kier molecular flexibility index (Phi) is 5.45. The summed E-state index contributed by atoms with van der Waals surface area (Å²) >= 11 is 7.41. The molecule has 0 spiro atoms. The van der Waals surface area contributed by atoms with Crippen LogP contribution in [-0.2, 0) is 0 Å². The van der Waals surface area contributed by atoms with Crippen molar-refractivity contribution in [1.29, 1.82) is 0 Å². The van der Waals surface area contributed by atoms with Gasteiger partial charge in [-0.3, -0.25) is 0 Å². The van der Waals surface area contributed by atoms with E-state index in [9.17, 15) is 0 Å². The molecule has 28 heavy (non-hydrogen) atoms. The zero-order valence-electron chi connectivity index (χ0n) is 14.9. The molecule has 136 valence electrons. The summed E-state index contributed by atoms with van der Waals surface area (Å²) in [6, 6.07) is 34.7. The molecule has 0 atom stereocenters. The van der Waals surface area contributed by atoms with E-state index in [1.54, 1.807) is 0 Å². The van der Waals surface area contributed by atoms with Crippen LogP contribution in [0.15, 0.2) is 136 Å². The Hall–Kier alpha value is -1.72. The van der Waals surface area contributed by atoms with E-state index >= 15 is 0 Å². The van der Waals surface area contributed by atoms with Gasteiger partial charge in [0.25, 0.3) is 0 Å². The minimum absolute atomic E-state index is 1.27. The van der Waals surface area contributed by atoms with Crippen molar-refractivity contribution in [3.63, 3.8) is 0 Å². The average Bonchev–Trinajstić information content (AvgIpc) is 2.74. The number of hydrogen-bond acceptors (Lipinski definition) is 4. The molecule has 1 heterocycles. The summed E-state index contributed by atoms with van der Waals surface area (Å²) in [6.45, 7) is 0. The standard InChI is InChI=1S/C24H16S4/c1-2-8-17(9-3-1)25-19-10-4-5-11-20(19)26-18-14-15-23-24(16-18)28-22-13-7-6-12-21(22)27-23/h1-16H. The quantitative estimate of drug-likeness (QED) is 0.279. The molecule has 0 amide bonds. The second-order valence-electron chi connectivity index (χ2n) is 6.22. The lowest BCUT2D eigenvalue weighted by Gasteiger charge is -2.18. The van der Waals surface area contributed by atoms with Gasteiger partial charge < -0.3 is 0 Å². The summed E-state index contributed by atoms with van der Waals surface area (Å²) < 4.78 is 0. The summed E-state index contributed by atoms with van der Waals surface area (Å²) in [5.41, 5.74) is 0. The van der Waals surface area contributed by atoms with Gasteiger partial charge >= 0.3 is 0 Å². The highest BCUT2D eigenvalue weighted by molar-refractivity contribution is 8.05. The van der Waals surface area contributed by atoms with Crippen molar-refractivity contribution >= 4 is 47.0 Å². The lowest BCUT2D eigenvalue weighted by Crippen LogP contribution is -1.89. The molecule has 4 aromatic rings. The Bertz CT molecular complexity index is 1120. The molecule has 0 saturated heterocycles. The van der Waals surface area contributed by atoms with Crippen LogP contribution in [0.25, 0.3) is 0 Å². The molecular formula is C24H16S4. The molecule has 0 saturated carbocycles. The molecular weight excluding hydrogens is 417 g/mol. The number of fused-ring (bicyclic) bond motifs is 2. The molecule has 0 aromatic heterocycles. The van der Waals surface area contributed by atoms with Crippen LogP contribution in [0.1, 0.15) is 0 Å². The van der Waals surface area contributed by atoms with Crippen molar-refractivity contribution in [2.75, 3.05) is 0 Å². The lowest BCUT2D eigenvalue weighted by molar-refractivity contribution is 1.12. The second kappa shape index (κ2) is 8.34. The second-order valence-corrected chi connectivity index (χ2v) is 10.6. The van der Waals surface area contributed by atoms with Crippen molar-refractivity contribution < 1.29 is 0 Å². The predicted octanol–water partition coefficient (Wildman–Crippen LogP) is 8.60. The van der Waals surface area contributed by atoms with Gasteiger partial charge in [0.2, 0.25) is 0 Å². The van der Waals surface area contributed by atoms with Crippen LogP contribution in [0.4, 0.5) is 0 Å². The van der Waals surface area contributed by atoms with Crippen LogP contribution in [-0.4, -0.2) is 0 Å². The molecule has 0 radical (unpaired) electrons. The van der Waals surface area contributed by atoms with Gasteiger partial charge in [-0.2, -0.15) is 0 Å². The molecule has 0 aliphatic carbocycles. The van der Waals surface area contributed by atoms with Gasteiger partial charge in [-0.1, -0.05) is 89.5 Å². The first-order valence-corrected chi connectivity index (χ1v) is 12.2. The Morgan fingerprint density at radius 2 is 0.964 bits per heavy atom. The maximum absolute atomic E-state index is 2.33. The van der Waals surface area contributed by atoms with Gasteiger partial charge in [-0.05, 0) is 54.6 Å². The molecule has 5 rings (SSSR count). The normalized spacial score (nSPS) is 12.3. The minimum atomic E-state index is 1.27. The highest BCUT2D eigenvalue weighted by Gasteiger charge is 2.17. The molecule has 1 aliphatic rings. The van der Waals surface area contributed by atoms with E-state index in [0.717, 1.165) is 0 Å². The van der Waals surface area contributed by atoms with E-state index in [2.05, 4.69) is 97.1 Å². The van der Waals surface area contributed by atoms with E-state index in [1.807, 2.05) is 47.0 Å². The topological polar surface area (TPSA) is 0 Å². The monoisotopic (exact) mass is 432 g/mol. The Morgan fingerprint density at radius 1 is 0.429 bits per heavy atom. The van der Waals surface area contributed by atoms with E-state index in [-0.39, 0.29) is 0 Å². The minimum Gasteiger partial charge on any atom is -0.0889 e. The van der Waals surface area contributed by atoms with E-state index in [4.69, 9.17) is 0 Å². The van der Waals surface area contributed by atoms with Crippen molar-refractivity contribution in [2.24, 2.45) is 0 Å². The lowest BCUT2D eigenvalue weighted by atomic mass is 10.3. The van der Waals surface area contributed by atoms with Crippen LogP contribution in [0.5, 0.6) is 0 Å². The highest BCUT2D eigenvalue weighted by Crippen LogP contribution is 2.49. The Balaban J connectivity index is 1.41. The van der Waals surface area contributed by atoms with Crippen LogP contribution in [0, 0.1) is 0 Å². The van der Waals surface area contributed by atoms with Crippen molar-refractivity contribution in [2.45, 2.75) is 39.2 Å². The number of benzene rings is 4. The van der Waals surface area contributed by atoms with Gasteiger partial charge in [-0.15, -0.1) is 0 Å². The fraction of sp³-hybridized carbons (Fsp3) is 0. The molecule has 1 aliphatic heterocycles.